The van der Waals surface area contributed by atoms with Crippen LogP contribution in [0.2, 0.25) is 0 Å². The van der Waals surface area contributed by atoms with Gasteiger partial charge in [0.1, 0.15) is 0 Å². The maximum absolute atomic E-state index is 11.7. The molecule has 104 valence electrons. The molecule has 19 heavy (non-hydrogen) atoms. The van der Waals surface area contributed by atoms with Crippen LogP contribution in [0.25, 0.3) is 0 Å². The summed E-state index contributed by atoms with van der Waals surface area (Å²) >= 11 is 0. The molecule has 0 aliphatic carbocycles. The van der Waals surface area contributed by atoms with Crippen molar-refractivity contribution < 1.29 is 13.2 Å². The molecule has 0 saturated carbocycles. The summed E-state index contributed by atoms with van der Waals surface area (Å²) < 4.78 is 22.9. The van der Waals surface area contributed by atoms with Crippen molar-refractivity contribution in [2.24, 2.45) is 0 Å². The lowest BCUT2D eigenvalue weighted by Crippen LogP contribution is -2.48. The van der Waals surface area contributed by atoms with E-state index in [4.69, 9.17) is 5.73 Å². The van der Waals surface area contributed by atoms with Crippen LogP contribution in [0.3, 0.4) is 0 Å². The van der Waals surface area contributed by atoms with Gasteiger partial charge in [0.15, 0.2) is 9.84 Å². The highest BCUT2D eigenvalue weighted by Gasteiger charge is 2.23. The lowest BCUT2D eigenvalue weighted by Gasteiger charge is -2.34. The molecule has 1 aliphatic heterocycles. The Balaban J connectivity index is 2.30. The van der Waals surface area contributed by atoms with Gasteiger partial charge in [0.2, 0.25) is 5.91 Å². The van der Waals surface area contributed by atoms with Crippen LogP contribution in [0.15, 0.2) is 23.1 Å². The van der Waals surface area contributed by atoms with Crippen LogP contribution in [-0.2, 0) is 14.6 Å². The molecule has 0 atom stereocenters. The highest BCUT2D eigenvalue weighted by Crippen LogP contribution is 2.27. The van der Waals surface area contributed by atoms with E-state index in [-0.39, 0.29) is 17.3 Å². The number of benzene rings is 1. The number of nitrogen functional groups attached to an aromatic ring is 1. The summed E-state index contributed by atoms with van der Waals surface area (Å²) in [5.74, 6) is 0.0258. The number of piperazine rings is 1. The molecule has 2 N–H and O–H groups in total. The number of carbonyl (C=O) groups excluding carboxylic acids is 1. The minimum Gasteiger partial charge on any atom is -0.397 e. The Morgan fingerprint density at radius 3 is 2.47 bits per heavy atom. The third kappa shape index (κ3) is 2.81. The highest BCUT2D eigenvalue weighted by molar-refractivity contribution is 7.90. The third-order valence-electron chi connectivity index (χ3n) is 3.23. The average Bonchev–Trinajstić information content (AvgIpc) is 2.31. The van der Waals surface area contributed by atoms with Gasteiger partial charge in [-0.1, -0.05) is 0 Å². The maximum atomic E-state index is 11.7. The quantitative estimate of drug-likeness (QED) is 0.769. The standard InChI is InChI=1S/C12H17N3O3S/c1-14-5-6-15(8-12(14)16)11-4-3-9(7-10(11)13)19(2,17)18/h3-4,7H,5-6,8,13H2,1-2H3. The zero-order chi connectivity index (χ0) is 14.2. The van der Waals surface area contributed by atoms with Crippen molar-refractivity contribution in [1.82, 2.24) is 4.90 Å². The van der Waals surface area contributed by atoms with E-state index < -0.39 is 9.84 Å². The molecule has 1 aromatic carbocycles. The fourth-order valence-corrected chi connectivity index (χ4v) is 2.67. The molecule has 1 aromatic rings. The molecule has 1 saturated heterocycles. The first kappa shape index (κ1) is 13.7. The Labute approximate surface area is 112 Å². The van der Waals surface area contributed by atoms with Crippen molar-refractivity contribution in [2.45, 2.75) is 4.90 Å². The van der Waals surface area contributed by atoms with Gasteiger partial charge in [-0.2, -0.15) is 0 Å². The van der Waals surface area contributed by atoms with Gasteiger partial charge >= 0.3 is 0 Å². The Morgan fingerprint density at radius 2 is 1.95 bits per heavy atom. The molecular weight excluding hydrogens is 266 g/mol. The number of nitrogens with zero attached hydrogens (tertiary/aromatic N) is 2. The van der Waals surface area contributed by atoms with E-state index in [0.29, 0.717) is 24.5 Å². The smallest absolute Gasteiger partial charge is 0.241 e. The van der Waals surface area contributed by atoms with Gasteiger partial charge in [-0.25, -0.2) is 8.42 Å². The topological polar surface area (TPSA) is 83.7 Å². The fourth-order valence-electron chi connectivity index (χ4n) is 2.02. The van der Waals surface area contributed by atoms with Gasteiger partial charge in [-0.3, -0.25) is 4.79 Å². The first-order valence-corrected chi connectivity index (χ1v) is 7.76. The molecule has 1 fully saturated rings. The molecular formula is C12H17N3O3S. The molecule has 0 aromatic heterocycles. The van der Waals surface area contributed by atoms with E-state index >= 15 is 0 Å². The molecule has 0 bridgehead atoms. The van der Waals surface area contributed by atoms with E-state index in [1.165, 1.54) is 12.1 Å². The van der Waals surface area contributed by atoms with Crippen molar-refractivity contribution in [1.29, 1.82) is 0 Å². The Bertz CT molecular complexity index is 613. The number of hydrogen-bond donors (Lipinski definition) is 1. The van der Waals surface area contributed by atoms with Crippen molar-refractivity contribution in [3.8, 4) is 0 Å². The monoisotopic (exact) mass is 283 g/mol. The summed E-state index contributed by atoms with van der Waals surface area (Å²) in [7, 11) is -1.51. The van der Waals surface area contributed by atoms with Crippen molar-refractivity contribution in [3.63, 3.8) is 0 Å². The Kier molecular flexibility index (Phi) is 3.40. The number of hydrogen-bond acceptors (Lipinski definition) is 5. The largest absolute Gasteiger partial charge is 0.397 e. The summed E-state index contributed by atoms with van der Waals surface area (Å²) in [6.07, 6.45) is 1.14. The van der Waals surface area contributed by atoms with Crippen LogP contribution >= 0.6 is 0 Å². The predicted molar refractivity (Wildman–Crippen MR) is 73.8 cm³/mol. The summed E-state index contributed by atoms with van der Waals surface area (Å²) in [6, 6.07) is 4.61. The summed E-state index contributed by atoms with van der Waals surface area (Å²) in [5.41, 5.74) is 6.98. The number of amides is 1. The first-order chi connectivity index (χ1) is 8.79. The van der Waals surface area contributed by atoms with Gasteiger partial charge in [0.25, 0.3) is 0 Å². The molecule has 7 heteroatoms. The number of nitrogens with two attached hydrogens (primary N) is 1. The second-order valence-corrected chi connectivity index (χ2v) is 6.75. The number of rotatable bonds is 2. The van der Waals surface area contributed by atoms with E-state index in [1.54, 1.807) is 18.0 Å². The molecule has 0 unspecified atom stereocenters. The van der Waals surface area contributed by atoms with Crippen molar-refractivity contribution in [2.75, 3.05) is 43.6 Å². The molecule has 0 spiro atoms. The van der Waals surface area contributed by atoms with Crippen LogP contribution in [0.1, 0.15) is 0 Å². The van der Waals surface area contributed by atoms with Gasteiger partial charge in [-0.15, -0.1) is 0 Å². The molecule has 6 nitrogen and oxygen atoms in total. The van der Waals surface area contributed by atoms with E-state index in [0.717, 1.165) is 6.26 Å². The van der Waals surface area contributed by atoms with Crippen LogP contribution in [-0.4, -0.2) is 52.2 Å². The summed E-state index contributed by atoms with van der Waals surface area (Å²) in [6.45, 7) is 1.58. The highest BCUT2D eigenvalue weighted by atomic mass is 32.2. The second-order valence-electron chi connectivity index (χ2n) is 4.73. The third-order valence-corrected chi connectivity index (χ3v) is 4.34. The lowest BCUT2D eigenvalue weighted by molar-refractivity contribution is -0.129. The second kappa shape index (κ2) is 4.73. The molecule has 1 aliphatic rings. The number of anilines is 2. The fraction of sp³-hybridized carbons (Fsp3) is 0.417. The van der Waals surface area contributed by atoms with Crippen molar-refractivity contribution >= 4 is 27.1 Å². The summed E-state index contributed by atoms with van der Waals surface area (Å²) in [4.78, 5) is 15.4. The van der Waals surface area contributed by atoms with E-state index in [1.807, 2.05) is 4.90 Å². The summed E-state index contributed by atoms with van der Waals surface area (Å²) in [5, 5.41) is 0. The van der Waals surface area contributed by atoms with Gasteiger partial charge in [0.05, 0.1) is 22.8 Å². The van der Waals surface area contributed by atoms with Gasteiger partial charge < -0.3 is 15.5 Å². The molecule has 1 amide bonds. The molecule has 0 radical (unpaired) electrons. The van der Waals surface area contributed by atoms with Gasteiger partial charge in [-0.05, 0) is 18.2 Å². The minimum atomic E-state index is -3.27. The van der Waals surface area contributed by atoms with Crippen molar-refractivity contribution in [3.05, 3.63) is 18.2 Å². The Hall–Kier alpha value is -1.76. The van der Waals surface area contributed by atoms with Crippen LogP contribution in [0.5, 0.6) is 0 Å². The predicted octanol–water partition coefficient (Wildman–Crippen LogP) is -0.0493. The normalized spacial score (nSPS) is 16.8. The van der Waals surface area contributed by atoms with Crippen LogP contribution < -0.4 is 10.6 Å². The van der Waals surface area contributed by atoms with Crippen LogP contribution in [0, 0.1) is 0 Å². The number of carbonyl (C=O) groups is 1. The average molecular weight is 283 g/mol. The zero-order valence-electron chi connectivity index (χ0n) is 11.0. The van der Waals surface area contributed by atoms with E-state index in [9.17, 15) is 13.2 Å². The maximum Gasteiger partial charge on any atom is 0.241 e. The Morgan fingerprint density at radius 1 is 1.26 bits per heavy atom. The SMILES string of the molecule is CN1CCN(c2ccc(S(C)(=O)=O)cc2N)CC1=O. The molecule has 1 heterocycles. The first-order valence-electron chi connectivity index (χ1n) is 5.87. The van der Waals surface area contributed by atoms with Crippen LogP contribution in [0.4, 0.5) is 11.4 Å². The lowest BCUT2D eigenvalue weighted by atomic mass is 10.2. The number of sulfone groups is 1. The minimum absolute atomic E-state index is 0.0258. The molecule has 2 rings (SSSR count). The van der Waals surface area contributed by atoms with Gasteiger partial charge in [0, 0.05) is 26.4 Å². The van der Waals surface area contributed by atoms with E-state index in [2.05, 4.69) is 0 Å². The zero-order valence-corrected chi connectivity index (χ0v) is 11.8. The number of likely N-dealkylation sites (N-methyl/N-ethyl adjacent to an activating group) is 1.